The molecule has 182 valence electrons. The number of halogens is 5. The number of benzene rings is 3. The van der Waals surface area contributed by atoms with Crippen LogP contribution in [0.1, 0.15) is 24.1 Å². The molecule has 0 saturated carbocycles. The molecule has 1 atom stereocenters. The van der Waals surface area contributed by atoms with E-state index in [1.165, 1.54) is 18.2 Å². The first kappa shape index (κ1) is 27.1. The fourth-order valence-corrected chi connectivity index (χ4v) is 3.01. The molecule has 0 bridgehead atoms. The van der Waals surface area contributed by atoms with Crippen LogP contribution < -0.4 is 10.1 Å². The van der Waals surface area contributed by atoms with Crippen molar-refractivity contribution in [3.05, 3.63) is 83.4 Å². The molecule has 3 aromatic rings. The molecule has 1 unspecified atom stereocenters. The quantitative estimate of drug-likeness (QED) is 0.273. The van der Waals surface area contributed by atoms with Gasteiger partial charge in [-0.3, -0.25) is 0 Å². The Balaban J connectivity index is 0.000000379. The highest BCUT2D eigenvalue weighted by Gasteiger charge is 2.30. The van der Waals surface area contributed by atoms with Crippen LogP contribution in [0.25, 0.3) is 11.1 Å². The van der Waals surface area contributed by atoms with E-state index in [9.17, 15) is 26.7 Å². The maximum Gasteiger partial charge on any atom is 0.416 e. The minimum absolute atomic E-state index is 0.0296. The van der Waals surface area contributed by atoms with Gasteiger partial charge >= 0.3 is 12.1 Å². The number of alkyl halides is 3. The molecule has 3 aromatic carbocycles. The van der Waals surface area contributed by atoms with Crippen LogP contribution in [-0.4, -0.2) is 24.7 Å². The summed E-state index contributed by atoms with van der Waals surface area (Å²) in [7, 11) is 1.77. The highest BCUT2D eigenvalue weighted by Crippen LogP contribution is 2.36. The second-order valence-corrected chi connectivity index (χ2v) is 7.64. The first-order valence-corrected chi connectivity index (χ1v) is 10.3. The Kier molecular flexibility index (Phi) is 9.46. The van der Waals surface area contributed by atoms with Gasteiger partial charge in [0.25, 0.3) is 0 Å². The van der Waals surface area contributed by atoms with Gasteiger partial charge in [0.05, 0.1) is 5.56 Å². The molecule has 0 heterocycles. The largest absolute Gasteiger partial charge is 0.481 e. The maximum absolute atomic E-state index is 13.0. The molecule has 0 aliphatic carbocycles. The van der Waals surface area contributed by atoms with Crippen molar-refractivity contribution in [2.75, 3.05) is 13.7 Å². The molecular weight excluding hydrogens is 477 g/mol. The van der Waals surface area contributed by atoms with Gasteiger partial charge in [-0.05, 0) is 67.6 Å². The van der Waals surface area contributed by atoms with Crippen LogP contribution in [0.4, 0.5) is 22.0 Å². The van der Waals surface area contributed by atoms with E-state index in [0.29, 0.717) is 16.0 Å². The molecule has 10 heteroatoms. The number of carbonyl (C=O) groups is 1. The standard InChI is InChI=1S/C18H18F3NO3.C6H4F2S/c1-11(22-2)12-6-7-16(25-10-17(23)24)15(9-12)13-4-3-5-14(8-13)18(19,20)21;7-5-2-1-4(9)3-6(5)8/h3-9,11,22H,10H2,1-2H3,(H,23,24);1-3,9H. The van der Waals surface area contributed by atoms with E-state index in [0.717, 1.165) is 29.8 Å². The van der Waals surface area contributed by atoms with Gasteiger partial charge in [-0.25, -0.2) is 13.6 Å². The van der Waals surface area contributed by atoms with Gasteiger partial charge in [-0.15, -0.1) is 12.6 Å². The number of hydrogen-bond donors (Lipinski definition) is 3. The Morgan fingerprint density at radius 1 is 1.06 bits per heavy atom. The fraction of sp³-hybridized carbons (Fsp3) is 0.208. The Bertz CT molecular complexity index is 1140. The third-order valence-corrected chi connectivity index (χ3v) is 4.97. The third-order valence-electron chi connectivity index (χ3n) is 4.69. The van der Waals surface area contributed by atoms with E-state index < -0.39 is 36.0 Å². The summed E-state index contributed by atoms with van der Waals surface area (Å²) in [6, 6.07) is 13.3. The molecule has 0 spiro atoms. The van der Waals surface area contributed by atoms with Gasteiger partial charge < -0.3 is 15.2 Å². The summed E-state index contributed by atoms with van der Waals surface area (Å²) in [6.07, 6.45) is -4.46. The predicted molar refractivity (Wildman–Crippen MR) is 121 cm³/mol. The van der Waals surface area contributed by atoms with Crippen LogP contribution in [0.2, 0.25) is 0 Å². The summed E-state index contributed by atoms with van der Waals surface area (Å²) in [5.74, 6) is -2.65. The minimum Gasteiger partial charge on any atom is -0.481 e. The lowest BCUT2D eigenvalue weighted by molar-refractivity contribution is -0.139. The van der Waals surface area contributed by atoms with Gasteiger partial charge in [0.1, 0.15) is 5.75 Å². The molecule has 4 nitrogen and oxygen atoms in total. The number of ether oxygens (including phenoxy) is 1. The Labute approximate surface area is 198 Å². The number of rotatable bonds is 6. The number of carboxylic acid groups (broad SMARTS) is 1. The normalized spacial score (nSPS) is 11.9. The van der Waals surface area contributed by atoms with E-state index in [-0.39, 0.29) is 11.8 Å². The molecule has 0 aromatic heterocycles. The smallest absolute Gasteiger partial charge is 0.416 e. The number of hydrogen-bond acceptors (Lipinski definition) is 4. The maximum atomic E-state index is 13.0. The lowest BCUT2D eigenvalue weighted by Crippen LogP contribution is -2.13. The van der Waals surface area contributed by atoms with Crippen LogP contribution in [-0.2, 0) is 11.0 Å². The highest BCUT2D eigenvalue weighted by molar-refractivity contribution is 7.80. The monoisotopic (exact) mass is 499 g/mol. The van der Waals surface area contributed by atoms with Crippen molar-refractivity contribution >= 4 is 18.6 Å². The molecule has 0 amide bonds. The summed E-state index contributed by atoms with van der Waals surface area (Å²) in [6.45, 7) is 1.33. The summed E-state index contributed by atoms with van der Waals surface area (Å²) >= 11 is 3.79. The van der Waals surface area contributed by atoms with Gasteiger partial charge in [0.15, 0.2) is 18.2 Å². The van der Waals surface area contributed by atoms with E-state index in [1.807, 2.05) is 6.92 Å². The zero-order valence-corrected chi connectivity index (χ0v) is 19.1. The number of thiol groups is 1. The Hall–Kier alpha value is -3.11. The van der Waals surface area contributed by atoms with Crippen LogP contribution in [0, 0.1) is 11.6 Å². The van der Waals surface area contributed by atoms with Crippen molar-refractivity contribution in [1.29, 1.82) is 0 Å². The van der Waals surface area contributed by atoms with Gasteiger partial charge in [0.2, 0.25) is 0 Å². The average Bonchev–Trinajstić information content (AvgIpc) is 2.79. The Morgan fingerprint density at radius 2 is 1.76 bits per heavy atom. The van der Waals surface area contributed by atoms with Crippen molar-refractivity contribution in [1.82, 2.24) is 5.32 Å². The summed E-state index contributed by atoms with van der Waals surface area (Å²) in [5, 5.41) is 11.8. The van der Waals surface area contributed by atoms with Gasteiger partial charge in [0, 0.05) is 16.5 Å². The fourth-order valence-electron chi connectivity index (χ4n) is 2.82. The zero-order valence-electron chi connectivity index (χ0n) is 18.2. The highest BCUT2D eigenvalue weighted by atomic mass is 32.1. The summed E-state index contributed by atoms with van der Waals surface area (Å²) < 4.78 is 68.4. The molecular formula is C24H22F5NO3S. The van der Waals surface area contributed by atoms with E-state index in [2.05, 4.69) is 17.9 Å². The van der Waals surface area contributed by atoms with Crippen LogP contribution in [0.15, 0.2) is 65.6 Å². The molecule has 34 heavy (non-hydrogen) atoms. The predicted octanol–water partition coefficient (Wildman–Crippen LogP) is 6.37. The van der Waals surface area contributed by atoms with Crippen LogP contribution >= 0.6 is 12.6 Å². The number of carboxylic acids is 1. The molecule has 0 fully saturated rings. The van der Waals surface area contributed by atoms with Crippen molar-refractivity contribution in [3.63, 3.8) is 0 Å². The van der Waals surface area contributed by atoms with Gasteiger partial charge in [-0.2, -0.15) is 13.2 Å². The lowest BCUT2D eigenvalue weighted by Gasteiger charge is -2.17. The first-order valence-electron chi connectivity index (χ1n) is 9.89. The number of aliphatic carboxylic acids is 1. The number of nitrogens with one attached hydrogen (secondary N) is 1. The van der Waals surface area contributed by atoms with Crippen LogP contribution in [0.5, 0.6) is 5.75 Å². The van der Waals surface area contributed by atoms with E-state index in [1.54, 1.807) is 25.2 Å². The molecule has 0 radical (unpaired) electrons. The van der Waals surface area contributed by atoms with E-state index >= 15 is 0 Å². The average molecular weight is 500 g/mol. The molecule has 2 N–H and O–H groups in total. The summed E-state index contributed by atoms with van der Waals surface area (Å²) in [4.78, 5) is 11.2. The first-order chi connectivity index (χ1) is 15.9. The topological polar surface area (TPSA) is 58.6 Å². The second-order valence-electron chi connectivity index (χ2n) is 7.13. The van der Waals surface area contributed by atoms with Crippen molar-refractivity contribution in [3.8, 4) is 16.9 Å². The Morgan fingerprint density at radius 3 is 2.32 bits per heavy atom. The van der Waals surface area contributed by atoms with E-state index in [4.69, 9.17) is 9.84 Å². The third kappa shape index (κ3) is 7.74. The second kappa shape index (κ2) is 11.8. The van der Waals surface area contributed by atoms with Crippen molar-refractivity contribution < 1.29 is 36.6 Å². The van der Waals surface area contributed by atoms with Crippen molar-refractivity contribution in [2.45, 2.75) is 24.0 Å². The summed E-state index contributed by atoms with van der Waals surface area (Å²) in [5.41, 5.74) is 0.783. The van der Waals surface area contributed by atoms with Gasteiger partial charge in [-0.1, -0.05) is 18.2 Å². The van der Waals surface area contributed by atoms with Crippen molar-refractivity contribution in [2.24, 2.45) is 0 Å². The molecule has 0 aliphatic rings. The SMILES string of the molecule is CNC(C)c1ccc(OCC(=O)O)c(-c2cccc(C(F)(F)F)c2)c1.Fc1ccc(S)cc1F. The molecule has 3 rings (SSSR count). The molecule has 0 saturated heterocycles. The molecule has 0 aliphatic heterocycles. The lowest BCUT2D eigenvalue weighted by atomic mass is 9.97. The zero-order chi connectivity index (χ0) is 25.5. The minimum atomic E-state index is -4.46. The van der Waals surface area contributed by atoms with Crippen LogP contribution in [0.3, 0.4) is 0 Å².